The summed E-state index contributed by atoms with van der Waals surface area (Å²) < 4.78 is 5.37. The molecule has 0 aromatic carbocycles. The molecule has 2 N–H and O–H groups in total. The maximum Gasteiger partial charge on any atom is 0.328 e. The molecule has 2 aromatic rings. The monoisotopic (exact) mass is 316 g/mol. The molecule has 1 aliphatic heterocycles. The van der Waals surface area contributed by atoms with E-state index in [1.807, 2.05) is 23.6 Å². The largest absolute Gasteiger partial charge is 0.478 e. The molecule has 0 bridgehead atoms. The van der Waals surface area contributed by atoms with Gasteiger partial charge in [-0.2, -0.15) is 0 Å². The highest BCUT2D eigenvalue weighted by Crippen LogP contribution is 2.33. The van der Waals surface area contributed by atoms with Crippen LogP contribution in [0.5, 0.6) is 0 Å². The number of hydrogen-bond donors (Lipinski definition) is 2. The molecule has 0 spiro atoms. The third kappa shape index (κ3) is 2.79. The number of nitrogens with one attached hydrogen (secondary N) is 1. The SMILES string of the molecule is O=C(O)C=CC(=O)N1NC(c2cccs2)=C[C@@H]1c1ccco1. The summed E-state index contributed by atoms with van der Waals surface area (Å²) in [6.45, 7) is 0. The standard InChI is InChI=1S/C15H12N2O4S/c18-14(5-6-15(19)20)17-11(12-3-1-7-21-12)9-10(16-17)13-4-2-8-22-13/h1-9,11,16H,(H,19,20)/t11-/m1/s1. The molecule has 22 heavy (non-hydrogen) atoms. The van der Waals surface area contributed by atoms with Gasteiger partial charge in [0.2, 0.25) is 0 Å². The highest BCUT2D eigenvalue weighted by molar-refractivity contribution is 7.11. The van der Waals surface area contributed by atoms with Crippen LogP contribution in [0.1, 0.15) is 16.7 Å². The molecule has 2 aromatic heterocycles. The van der Waals surface area contributed by atoms with Crippen molar-refractivity contribution in [3.8, 4) is 0 Å². The molecule has 0 unspecified atom stereocenters. The van der Waals surface area contributed by atoms with E-state index in [0.29, 0.717) is 5.76 Å². The lowest BCUT2D eigenvalue weighted by Crippen LogP contribution is -2.38. The molecule has 6 nitrogen and oxygen atoms in total. The molecule has 3 rings (SSSR count). The van der Waals surface area contributed by atoms with Crippen molar-refractivity contribution in [3.63, 3.8) is 0 Å². The van der Waals surface area contributed by atoms with Gasteiger partial charge in [-0.15, -0.1) is 11.3 Å². The van der Waals surface area contributed by atoms with Gasteiger partial charge in [0.1, 0.15) is 11.8 Å². The summed E-state index contributed by atoms with van der Waals surface area (Å²) in [6.07, 6.45) is 5.22. The first-order valence-corrected chi connectivity index (χ1v) is 7.33. The maximum atomic E-state index is 12.2. The Hall–Kier alpha value is -2.80. The van der Waals surface area contributed by atoms with E-state index in [9.17, 15) is 9.59 Å². The van der Waals surface area contributed by atoms with E-state index in [4.69, 9.17) is 9.52 Å². The predicted molar refractivity (Wildman–Crippen MR) is 80.5 cm³/mol. The molecule has 1 amide bonds. The number of carbonyl (C=O) groups is 2. The smallest absolute Gasteiger partial charge is 0.328 e. The van der Waals surface area contributed by atoms with Crippen LogP contribution in [0.25, 0.3) is 5.70 Å². The summed E-state index contributed by atoms with van der Waals surface area (Å²) in [4.78, 5) is 23.8. The Kier molecular flexibility index (Phi) is 3.80. The summed E-state index contributed by atoms with van der Waals surface area (Å²) in [7, 11) is 0. The van der Waals surface area contributed by atoms with Crippen LogP contribution in [-0.2, 0) is 9.59 Å². The first-order valence-electron chi connectivity index (χ1n) is 6.45. The van der Waals surface area contributed by atoms with Gasteiger partial charge in [-0.3, -0.25) is 10.2 Å². The molecule has 112 valence electrons. The topological polar surface area (TPSA) is 82.8 Å². The van der Waals surface area contributed by atoms with Crippen LogP contribution in [0.15, 0.2) is 58.6 Å². The molecule has 3 heterocycles. The Bertz CT molecular complexity index is 732. The van der Waals surface area contributed by atoms with Gasteiger partial charge in [0.25, 0.3) is 5.91 Å². The normalized spacial score (nSPS) is 17.5. The van der Waals surface area contributed by atoms with E-state index in [1.54, 1.807) is 12.1 Å². The van der Waals surface area contributed by atoms with Gasteiger partial charge in [0, 0.05) is 12.2 Å². The molecular weight excluding hydrogens is 304 g/mol. The average molecular weight is 316 g/mol. The van der Waals surface area contributed by atoms with Gasteiger partial charge in [0.15, 0.2) is 0 Å². The van der Waals surface area contributed by atoms with Crippen LogP contribution in [0.4, 0.5) is 0 Å². The van der Waals surface area contributed by atoms with E-state index in [-0.39, 0.29) is 0 Å². The summed E-state index contributed by atoms with van der Waals surface area (Å²) in [5.41, 5.74) is 3.79. The number of carbonyl (C=O) groups excluding carboxylic acids is 1. The van der Waals surface area contributed by atoms with Gasteiger partial charge >= 0.3 is 5.97 Å². The summed E-state index contributed by atoms with van der Waals surface area (Å²) >= 11 is 1.54. The minimum absolute atomic E-state index is 0.432. The molecule has 0 fully saturated rings. The molecule has 1 aliphatic rings. The number of hydrazine groups is 1. The van der Waals surface area contributed by atoms with Crippen molar-refractivity contribution in [2.24, 2.45) is 0 Å². The van der Waals surface area contributed by atoms with Crippen LogP contribution in [0, 0.1) is 0 Å². The predicted octanol–water partition coefficient (Wildman–Crippen LogP) is 2.41. The molecule has 0 aliphatic carbocycles. The lowest BCUT2D eigenvalue weighted by molar-refractivity contribution is -0.133. The van der Waals surface area contributed by atoms with Gasteiger partial charge in [0.05, 0.1) is 16.8 Å². The van der Waals surface area contributed by atoms with Crippen molar-refractivity contribution >= 4 is 28.9 Å². The lowest BCUT2D eigenvalue weighted by Gasteiger charge is -2.22. The Labute approximate surface area is 129 Å². The number of aliphatic carboxylic acids is 1. The summed E-state index contributed by atoms with van der Waals surface area (Å²) in [5, 5.41) is 11.9. The first kappa shape index (κ1) is 14.2. The molecule has 1 atom stereocenters. The second-order valence-electron chi connectivity index (χ2n) is 4.51. The lowest BCUT2D eigenvalue weighted by atomic mass is 10.2. The first-order chi connectivity index (χ1) is 10.6. The van der Waals surface area contributed by atoms with Crippen LogP contribution < -0.4 is 5.43 Å². The van der Waals surface area contributed by atoms with E-state index >= 15 is 0 Å². The van der Waals surface area contributed by atoms with Crippen molar-refractivity contribution in [1.29, 1.82) is 0 Å². The molecule has 7 heteroatoms. The van der Waals surface area contributed by atoms with Crippen LogP contribution in [-0.4, -0.2) is 22.0 Å². The Morgan fingerprint density at radius 2 is 2.18 bits per heavy atom. The second kappa shape index (κ2) is 5.90. The highest BCUT2D eigenvalue weighted by Gasteiger charge is 2.31. The van der Waals surface area contributed by atoms with Gasteiger partial charge < -0.3 is 9.52 Å². The van der Waals surface area contributed by atoms with Crippen molar-refractivity contribution < 1.29 is 19.1 Å². The fourth-order valence-corrected chi connectivity index (χ4v) is 2.82. The minimum Gasteiger partial charge on any atom is -0.478 e. The zero-order chi connectivity index (χ0) is 15.5. The quantitative estimate of drug-likeness (QED) is 0.846. The zero-order valence-corrected chi connectivity index (χ0v) is 12.1. The van der Waals surface area contributed by atoms with Gasteiger partial charge in [-0.25, -0.2) is 9.80 Å². The Balaban J connectivity index is 1.89. The molecule has 0 saturated heterocycles. The number of amides is 1. The number of hydrogen-bond acceptors (Lipinski definition) is 5. The average Bonchev–Trinajstić information content (AvgIpc) is 3.23. The van der Waals surface area contributed by atoms with Crippen molar-refractivity contribution in [2.75, 3.05) is 0 Å². The van der Waals surface area contributed by atoms with Crippen LogP contribution in [0.2, 0.25) is 0 Å². The number of furan rings is 1. The number of rotatable bonds is 4. The van der Waals surface area contributed by atoms with E-state index in [2.05, 4.69) is 5.43 Å². The maximum absolute atomic E-state index is 12.2. The number of carboxylic acids is 1. The van der Waals surface area contributed by atoms with E-state index in [1.165, 1.54) is 22.6 Å². The third-order valence-electron chi connectivity index (χ3n) is 3.07. The zero-order valence-electron chi connectivity index (χ0n) is 11.3. The molecular formula is C15H12N2O4S. The summed E-state index contributed by atoms with van der Waals surface area (Å²) in [5.74, 6) is -1.05. The fraction of sp³-hybridized carbons (Fsp3) is 0.0667. The highest BCUT2D eigenvalue weighted by atomic mass is 32.1. The van der Waals surface area contributed by atoms with E-state index in [0.717, 1.165) is 22.7 Å². The van der Waals surface area contributed by atoms with Crippen molar-refractivity contribution in [3.05, 3.63) is 64.8 Å². The van der Waals surface area contributed by atoms with E-state index < -0.39 is 17.9 Å². The second-order valence-corrected chi connectivity index (χ2v) is 5.46. The van der Waals surface area contributed by atoms with Crippen LogP contribution in [0.3, 0.4) is 0 Å². The Morgan fingerprint density at radius 1 is 1.32 bits per heavy atom. The fourth-order valence-electron chi connectivity index (χ4n) is 2.12. The molecule has 0 saturated carbocycles. The number of nitrogens with zero attached hydrogens (tertiary/aromatic N) is 1. The van der Waals surface area contributed by atoms with Gasteiger partial charge in [-0.05, 0) is 29.7 Å². The number of thiophene rings is 1. The number of carboxylic acid groups (broad SMARTS) is 1. The Morgan fingerprint density at radius 3 is 2.82 bits per heavy atom. The van der Waals surface area contributed by atoms with Crippen LogP contribution >= 0.6 is 11.3 Å². The third-order valence-corrected chi connectivity index (χ3v) is 3.97. The minimum atomic E-state index is -1.17. The van der Waals surface area contributed by atoms with Gasteiger partial charge in [-0.1, -0.05) is 6.07 Å². The molecule has 0 radical (unpaired) electrons. The van der Waals surface area contributed by atoms with Crippen molar-refractivity contribution in [1.82, 2.24) is 10.4 Å². The summed E-state index contributed by atoms with van der Waals surface area (Å²) in [6, 6.07) is 6.92. The van der Waals surface area contributed by atoms with Crippen molar-refractivity contribution in [2.45, 2.75) is 6.04 Å².